The van der Waals surface area contributed by atoms with Crippen molar-refractivity contribution in [1.82, 2.24) is 20.4 Å². The molecule has 114 valence electrons. The summed E-state index contributed by atoms with van der Waals surface area (Å²) in [6.45, 7) is 14.3. The van der Waals surface area contributed by atoms with Crippen molar-refractivity contribution >= 4 is 5.96 Å². The molecule has 5 heteroatoms. The van der Waals surface area contributed by atoms with Crippen molar-refractivity contribution in [2.45, 2.75) is 54.1 Å². The lowest BCUT2D eigenvalue weighted by Gasteiger charge is -2.20. The highest BCUT2D eigenvalue weighted by Crippen LogP contribution is 2.12. The zero-order chi connectivity index (χ0) is 15.3. The van der Waals surface area contributed by atoms with Gasteiger partial charge >= 0.3 is 0 Å². The van der Waals surface area contributed by atoms with Crippen molar-refractivity contribution in [2.75, 3.05) is 6.54 Å². The van der Waals surface area contributed by atoms with Gasteiger partial charge in [0.25, 0.3) is 0 Å². The number of rotatable bonds is 5. The molecule has 0 fully saturated rings. The molecule has 5 nitrogen and oxygen atoms in total. The second-order valence-corrected chi connectivity index (χ2v) is 5.65. The fourth-order valence-electron chi connectivity index (χ4n) is 1.91. The molecule has 0 aliphatic rings. The van der Waals surface area contributed by atoms with Crippen molar-refractivity contribution in [2.24, 2.45) is 18.0 Å². The van der Waals surface area contributed by atoms with E-state index in [2.05, 4.69) is 55.3 Å². The van der Waals surface area contributed by atoms with E-state index in [1.54, 1.807) is 0 Å². The molecule has 0 saturated carbocycles. The van der Waals surface area contributed by atoms with Gasteiger partial charge in [-0.2, -0.15) is 5.10 Å². The average molecular weight is 279 g/mol. The van der Waals surface area contributed by atoms with E-state index < -0.39 is 0 Å². The van der Waals surface area contributed by atoms with Crippen LogP contribution in [-0.2, 0) is 13.6 Å². The Kier molecular flexibility index (Phi) is 6.05. The van der Waals surface area contributed by atoms with Gasteiger partial charge in [0.2, 0.25) is 0 Å². The minimum Gasteiger partial charge on any atom is -0.357 e. The maximum Gasteiger partial charge on any atom is 0.191 e. The molecule has 1 rings (SSSR count). The number of aryl methyl sites for hydroxylation is 2. The molecule has 0 bridgehead atoms. The quantitative estimate of drug-likeness (QED) is 0.641. The third-order valence-electron chi connectivity index (χ3n) is 3.76. The van der Waals surface area contributed by atoms with E-state index >= 15 is 0 Å². The summed E-state index contributed by atoms with van der Waals surface area (Å²) in [5.41, 5.74) is 3.45. The summed E-state index contributed by atoms with van der Waals surface area (Å²) in [6, 6.07) is 0.392. The van der Waals surface area contributed by atoms with Crippen molar-refractivity contribution in [1.29, 1.82) is 0 Å². The van der Waals surface area contributed by atoms with Gasteiger partial charge in [0, 0.05) is 30.9 Å². The van der Waals surface area contributed by atoms with Crippen molar-refractivity contribution in [3.63, 3.8) is 0 Å². The first-order valence-electron chi connectivity index (χ1n) is 7.40. The minimum atomic E-state index is 0.392. The number of guanidine groups is 1. The van der Waals surface area contributed by atoms with Crippen LogP contribution in [0.1, 0.15) is 44.6 Å². The zero-order valence-electron chi connectivity index (χ0n) is 13.9. The van der Waals surface area contributed by atoms with Gasteiger partial charge in [-0.05, 0) is 33.6 Å². The maximum atomic E-state index is 4.68. The molecule has 2 N–H and O–H groups in total. The molecule has 1 heterocycles. The van der Waals surface area contributed by atoms with Gasteiger partial charge in [-0.3, -0.25) is 4.68 Å². The fraction of sp³-hybridized carbons (Fsp3) is 0.733. The Labute approximate surface area is 122 Å². The molecule has 0 radical (unpaired) electrons. The maximum absolute atomic E-state index is 4.68. The molecule has 1 atom stereocenters. The van der Waals surface area contributed by atoms with E-state index in [4.69, 9.17) is 0 Å². The number of nitrogens with zero attached hydrogens (tertiary/aromatic N) is 3. The Hall–Kier alpha value is -1.52. The van der Waals surface area contributed by atoms with E-state index in [-0.39, 0.29) is 0 Å². The van der Waals surface area contributed by atoms with E-state index in [0.717, 1.165) is 18.2 Å². The first-order chi connectivity index (χ1) is 9.36. The Morgan fingerprint density at radius 3 is 2.40 bits per heavy atom. The summed E-state index contributed by atoms with van der Waals surface area (Å²) in [6.07, 6.45) is 0. The topological polar surface area (TPSA) is 54.2 Å². The standard InChI is InChI=1S/C15H29N5/c1-8-16-15(18-11(4)10(2)3)17-9-14-12(5)19-20(7)13(14)6/h10-11H,8-9H2,1-7H3,(H2,16,17,18). The molecular formula is C15H29N5. The summed E-state index contributed by atoms with van der Waals surface area (Å²) in [5.74, 6) is 1.44. The van der Waals surface area contributed by atoms with Crippen LogP contribution in [-0.4, -0.2) is 28.3 Å². The van der Waals surface area contributed by atoms with Crippen LogP contribution in [0.5, 0.6) is 0 Å². The minimum absolute atomic E-state index is 0.392. The first-order valence-corrected chi connectivity index (χ1v) is 7.40. The zero-order valence-corrected chi connectivity index (χ0v) is 13.9. The van der Waals surface area contributed by atoms with Crippen LogP contribution in [0.2, 0.25) is 0 Å². The van der Waals surface area contributed by atoms with Crippen LogP contribution in [0.3, 0.4) is 0 Å². The molecule has 0 aliphatic carbocycles. The van der Waals surface area contributed by atoms with Crippen LogP contribution in [0.15, 0.2) is 4.99 Å². The van der Waals surface area contributed by atoms with Crippen molar-refractivity contribution in [3.8, 4) is 0 Å². The molecule has 0 spiro atoms. The lowest BCUT2D eigenvalue weighted by molar-refractivity contribution is 0.481. The fourth-order valence-corrected chi connectivity index (χ4v) is 1.91. The largest absolute Gasteiger partial charge is 0.357 e. The molecule has 1 unspecified atom stereocenters. The third-order valence-corrected chi connectivity index (χ3v) is 3.76. The molecule has 1 aromatic heterocycles. The molecule has 0 amide bonds. The van der Waals surface area contributed by atoms with Gasteiger partial charge < -0.3 is 10.6 Å². The van der Waals surface area contributed by atoms with Gasteiger partial charge in [-0.1, -0.05) is 13.8 Å². The molecule has 1 aromatic rings. The van der Waals surface area contributed by atoms with E-state index in [9.17, 15) is 0 Å². The Bertz CT molecular complexity index is 459. The summed E-state index contributed by atoms with van der Waals surface area (Å²) >= 11 is 0. The van der Waals surface area contributed by atoms with Crippen LogP contribution in [0.4, 0.5) is 0 Å². The lowest BCUT2D eigenvalue weighted by atomic mass is 10.1. The van der Waals surface area contributed by atoms with Gasteiger partial charge in [0.15, 0.2) is 5.96 Å². The lowest BCUT2D eigenvalue weighted by Crippen LogP contribution is -2.44. The third kappa shape index (κ3) is 4.25. The monoisotopic (exact) mass is 279 g/mol. The molecule has 20 heavy (non-hydrogen) atoms. The highest BCUT2D eigenvalue weighted by molar-refractivity contribution is 5.80. The highest BCUT2D eigenvalue weighted by atomic mass is 15.3. The number of hydrogen-bond donors (Lipinski definition) is 2. The summed E-state index contributed by atoms with van der Waals surface area (Å²) in [7, 11) is 1.97. The Morgan fingerprint density at radius 2 is 1.95 bits per heavy atom. The van der Waals surface area contributed by atoms with E-state index in [1.807, 2.05) is 18.7 Å². The van der Waals surface area contributed by atoms with E-state index in [0.29, 0.717) is 18.5 Å². The van der Waals surface area contributed by atoms with Gasteiger partial charge in [0.05, 0.1) is 12.2 Å². The van der Waals surface area contributed by atoms with Gasteiger partial charge in [-0.25, -0.2) is 4.99 Å². The van der Waals surface area contributed by atoms with Crippen molar-refractivity contribution in [3.05, 3.63) is 17.0 Å². The summed E-state index contributed by atoms with van der Waals surface area (Å²) in [4.78, 5) is 4.68. The smallest absolute Gasteiger partial charge is 0.191 e. The normalized spacial score (nSPS) is 13.7. The summed E-state index contributed by atoms with van der Waals surface area (Å²) < 4.78 is 1.91. The number of aliphatic imine (C=N–C) groups is 1. The van der Waals surface area contributed by atoms with Crippen LogP contribution in [0.25, 0.3) is 0 Å². The molecule has 0 aromatic carbocycles. The van der Waals surface area contributed by atoms with Crippen LogP contribution < -0.4 is 10.6 Å². The number of nitrogens with one attached hydrogen (secondary N) is 2. The van der Waals surface area contributed by atoms with Crippen molar-refractivity contribution < 1.29 is 0 Å². The summed E-state index contributed by atoms with van der Waals surface area (Å²) in [5, 5.41) is 11.2. The molecule has 0 saturated heterocycles. The van der Waals surface area contributed by atoms with Crippen LogP contribution >= 0.6 is 0 Å². The van der Waals surface area contributed by atoms with Gasteiger partial charge in [-0.15, -0.1) is 0 Å². The first kappa shape index (κ1) is 16.5. The molecule has 0 aliphatic heterocycles. The second kappa shape index (κ2) is 7.31. The number of hydrogen-bond acceptors (Lipinski definition) is 2. The van der Waals surface area contributed by atoms with Gasteiger partial charge in [0.1, 0.15) is 0 Å². The highest BCUT2D eigenvalue weighted by Gasteiger charge is 2.11. The molecular weight excluding hydrogens is 250 g/mol. The van der Waals surface area contributed by atoms with Crippen LogP contribution in [0, 0.1) is 19.8 Å². The number of aromatic nitrogens is 2. The SMILES string of the molecule is CCNC(=NCc1c(C)nn(C)c1C)NC(C)C(C)C. The second-order valence-electron chi connectivity index (χ2n) is 5.65. The Balaban J connectivity index is 2.81. The average Bonchev–Trinajstić information content (AvgIpc) is 2.61. The van der Waals surface area contributed by atoms with E-state index in [1.165, 1.54) is 11.3 Å². The predicted octanol–water partition coefficient (Wildman–Crippen LogP) is 2.14. The Morgan fingerprint density at radius 1 is 1.30 bits per heavy atom. The predicted molar refractivity (Wildman–Crippen MR) is 84.9 cm³/mol.